The number of benzene rings is 1. The average molecular weight is 253 g/mol. The molecule has 0 aliphatic carbocycles. The van der Waals surface area contributed by atoms with Gasteiger partial charge in [0, 0.05) is 4.47 Å². The lowest BCUT2D eigenvalue weighted by atomic mass is 10.1. The zero-order chi connectivity index (χ0) is 8.27. The topological polar surface area (TPSA) is 46.2 Å². The SMILES string of the molecule is Cl.NC(CO)c1ccc(Br)cc1. The molecular formula is C8H11BrClNO. The summed E-state index contributed by atoms with van der Waals surface area (Å²) >= 11 is 3.31. The lowest BCUT2D eigenvalue weighted by Gasteiger charge is -2.07. The van der Waals surface area contributed by atoms with Crippen LogP contribution in [0.25, 0.3) is 0 Å². The van der Waals surface area contributed by atoms with Crippen molar-refractivity contribution in [2.45, 2.75) is 6.04 Å². The monoisotopic (exact) mass is 251 g/mol. The number of halogens is 2. The fraction of sp³-hybridized carbons (Fsp3) is 0.250. The van der Waals surface area contributed by atoms with E-state index in [0.717, 1.165) is 10.0 Å². The van der Waals surface area contributed by atoms with E-state index in [2.05, 4.69) is 15.9 Å². The highest BCUT2D eigenvalue weighted by molar-refractivity contribution is 9.10. The van der Waals surface area contributed by atoms with E-state index in [9.17, 15) is 0 Å². The van der Waals surface area contributed by atoms with Crippen LogP contribution in [0.2, 0.25) is 0 Å². The third kappa shape index (κ3) is 3.11. The van der Waals surface area contributed by atoms with Gasteiger partial charge in [-0.2, -0.15) is 0 Å². The van der Waals surface area contributed by atoms with Crippen LogP contribution in [0.15, 0.2) is 28.7 Å². The van der Waals surface area contributed by atoms with Crippen LogP contribution in [0.3, 0.4) is 0 Å². The molecule has 0 heterocycles. The van der Waals surface area contributed by atoms with Gasteiger partial charge in [-0.05, 0) is 17.7 Å². The van der Waals surface area contributed by atoms with Gasteiger partial charge in [-0.15, -0.1) is 12.4 Å². The van der Waals surface area contributed by atoms with Crippen molar-refractivity contribution in [3.8, 4) is 0 Å². The molecule has 12 heavy (non-hydrogen) atoms. The molecule has 0 aliphatic heterocycles. The zero-order valence-electron chi connectivity index (χ0n) is 6.40. The number of aliphatic hydroxyl groups excluding tert-OH is 1. The Balaban J connectivity index is 0.00000121. The van der Waals surface area contributed by atoms with E-state index in [1.807, 2.05) is 24.3 Å². The molecule has 1 unspecified atom stereocenters. The maximum absolute atomic E-state index is 8.72. The van der Waals surface area contributed by atoms with E-state index in [1.165, 1.54) is 0 Å². The highest BCUT2D eigenvalue weighted by atomic mass is 79.9. The smallest absolute Gasteiger partial charge is 0.0624 e. The van der Waals surface area contributed by atoms with E-state index >= 15 is 0 Å². The lowest BCUT2D eigenvalue weighted by Crippen LogP contribution is -2.13. The summed E-state index contributed by atoms with van der Waals surface area (Å²) in [5.41, 5.74) is 6.53. The first-order valence-electron chi connectivity index (χ1n) is 3.36. The molecule has 4 heteroatoms. The van der Waals surface area contributed by atoms with Crippen molar-refractivity contribution in [1.82, 2.24) is 0 Å². The Morgan fingerprint density at radius 2 is 1.83 bits per heavy atom. The molecule has 1 rings (SSSR count). The summed E-state index contributed by atoms with van der Waals surface area (Å²) in [5.74, 6) is 0. The van der Waals surface area contributed by atoms with Gasteiger partial charge in [-0.3, -0.25) is 0 Å². The van der Waals surface area contributed by atoms with E-state index in [0.29, 0.717) is 0 Å². The zero-order valence-corrected chi connectivity index (χ0v) is 8.81. The van der Waals surface area contributed by atoms with Crippen LogP contribution in [0.4, 0.5) is 0 Å². The second-order valence-corrected chi connectivity index (χ2v) is 3.26. The second-order valence-electron chi connectivity index (χ2n) is 2.34. The maximum atomic E-state index is 8.72. The minimum atomic E-state index is -0.261. The molecule has 0 aliphatic rings. The molecule has 0 bridgehead atoms. The summed E-state index contributed by atoms with van der Waals surface area (Å²) in [5, 5.41) is 8.72. The molecule has 1 aromatic rings. The van der Waals surface area contributed by atoms with Crippen molar-refractivity contribution in [3.63, 3.8) is 0 Å². The number of nitrogens with two attached hydrogens (primary N) is 1. The van der Waals surface area contributed by atoms with Crippen LogP contribution < -0.4 is 5.73 Å². The van der Waals surface area contributed by atoms with Crippen LogP contribution >= 0.6 is 28.3 Å². The van der Waals surface area contributed by atoms with Crippen LogP contribution in [0.1, 0.15) is 11.6 Å². The molecule has 3 N–H and O–H groups in total. The second kappa shape index (κ2) is 5.54. The minimum absolute atomic E-state index is 0. The number of hydrogen-bond donors (Lipinski definition) is 2. The summed E-state index contributed by atoms with van der Waals surface area (Å²) in [6.07, 6.45) is 0. The normalized spacial score (nSPS) is 11.9. The molecular weight excluding hydrogens is 241 g/mol. The number of aliphatic hydroxyl groups is 1. The molecule has 0 saturated heterocycles. The van der Waals surface area contributed by atoms with Gasteiger partial charge in [-0.25, -0.2) is 0 Å². The third-order valence-corrected chi connectivity index (χ3v) is 2.02. The van der Waals surface area contributed by atoms with Gasteiger partial charge in [0.2, 0.25) is 0 Å². The fourth-order valence-corrected chi connectivity index (χ4v) is 1.08. The lowest BCUT2D eigenvalue weighted by molar-refractivity contribution is 0.268. The van der Waals surface area contributed by atoms with E-state index in [1.54, 1.807) is 0 Å². The molecule has 2 nitrogen and oxygen atoms in total. The Morgan fingerprint density at radius 3 is 2.25 bits per heavy atom. The van der Waals surface area contributed by atoms with Crippen molar-refractivity contribution in [2.24, 2.45) is 5.73 Å². The molecule has 0 spiro atoms. The summed E-state index contributed by atoms with van der Waals surface area (Å²) in [4.78, 5) is 0. The minimum Gasteiger partial charge on any atom is -0.394 e. The van der Waals surface area contributed by atoms with E-state index in [-0.39, 0.29) is 25.1 Å². The van der Waals surface area contributed by atoms with Gasteiger partial charge in [0.25, 0.3) is 0 Å². The summed E-state index contributed by atoms with van der Waals surface area (Å²) < 4.78 is 1.02. The van der Waals surface area contributed by atoms with Crippen LogP contribution in [0.5, 0.6) is 0 Å². The van der Waals surface area contributed by atoms with Crippen molar-refractivity contribution in [1.29, 1.82) is 0 Å². The van der Waals surface area contributed by atoms with Crippen LogP contribution in [-0.4, -0.2) is 11.7 Å². The average Bonchev–Trinajstić information content (AvgIpc) is 2.05. The maximum Gasteiger partial charge on any atom is 0.0624 e. The molecule has 0 amide bonds. The Hall–Kier alpha value is -0.0900. The molecule has 0 radical (unpaired) electrons. The van der Waals surface area contributed by atoms with Gasteiger partial charge in [0.15, 0.2) is 0 Å². The number of hydrogen-bond acceptors (Lipinski definition) is 2. The molecule has 1 aromatic carbocycles. The van der Waals surface area contributed by atoms with Crippen molar-refractivity contribution in [3.05, 3.63) is 34.3 Å². The summed E-state index contributed by atoms with van der Waals surface area (Å²) in [7, 11) is 0. The van der Waals surface area contributed by atoms with Gasteiger partial charge >= 0.3 is 0 Å². The van der Waals surface area contributed by atoms with Gasteiger partial charge in [-0.1, -0.05) is 28.1 Å². The Kier molecular flexibility index (Phi) is 5.50. The first-order valence-corrected chi connectivity index (χ1v) is 4.15. The molecule has 68 valence electrons. The highest BCUT2D eigenvalue weighted by Crippen LogP contribution is 2.14. The Labute approximate surface area is 86.3 Å². The quantitative estimate of drug-likeness (QED) is 0.844. The Morgan fingerprint density at radius 1 is 1.33 bits per heavy atom. The van der Waals surface area contributed by atoms with Crippen molar-refractivity contribution in [2.75, 3.05) is 6.61 Å². The predicted molar refractivity (Wildman–Crippen MR) is 55.4 cm³/mol. The molecule has 0 aromatic heterocycles. The van der Waals surface area contributed by atoms with E-state index in [4.69, 9.17) is 10.8 Å². The molecule has 1 atom stereocenters. The van der Waals surface area contributed by atoms with Gasteiger partial charge in [0.1, 0.15) is 0 Å². The van der Waals surface area contributed by atoms with Crippen molar-refractivity contribution >= 4 is 28.3 Å². The van der Waals surface area contributed by atoms with Crippen molar-refractivity contribution < 1.29 is 5.11 Å². The number of rotatable bonds is 2. The molecule has 0 saturated carbocycles. The third-order valence-electron chi connectivity index (χ3n) is 1.49. The predicted octanol–water partition coefficient (Wildman–Crippen LogP) is 1.86. The fourth-order valence-electron chi connectivity index (χ4n) is 0.815. The van der Waals surface area contributed by atoms with Gasteiger partial charge < -0.3 is 10.8 Å². The summed E-state index contributed by atoms with van der Waals surface area (Å²) in [6, 6.07) is 7.34. The summed E-state index contributed by atoms with van der Waals surface area (Å²) in [6.45, 7) is -0.0123. The Bertz CT molecular complexity index is 227. The molecule has 0 fully saturated rings. The van der Waals surface area contributed by atoms with Crippen LogP contribution in [0, 0.1) is 0 Å². The van der Waals surface area contributed by atoms with Crippen LogP contribution in [-0.2, 0) is 0 Å². The largest absolute Gasteiger partial charge is 0.394 e. The first-order chi connectivity index (χ1) is 5.24. The first kappa shape index (κ1) is 11.9. The highest BCUT2D eigenvalue weighted by Gasteiger charge is 2.01. The standard InChI is InChI=1S/C8H10BrNO.ClH/c9-7-3-1-6(2-4-7)8(10)5-11;/h1-4,8,11H,5,10H2;1H. The van der Waals surface area contributed by atoms with E-state index < -0.39 is 0 Å². The van der Waals surface area contributed by atoms with Gasteiger partial charge in [0.05, 0.1) is 12.6 Å².